The molecule has 0 unspecified atom stereocenters. The highest BCUT2D eigenvalue weighted by atomic mass is 16.4. The molecule has 16 heavy (non-hydrogen) atoms. The molecule has 0 aliphatic carbocycles. The highest BCUT2D eigenvalue weighted by molar-refractivity contribution is 5.79. The Balaban J connectivity index is 5.05. The summed E-state index contributed by atoms with van der Waals surface area (Å²) in [4.78, 5) is 11.3. The van der Waals surface area contributed by atoms with E-state index in [0.29, 0.717) is 18.4 Å². The Morgan fingerprint density at radius 2 is 1.81 bits per heavy atom. The van der Waals surface area contributed by atoms with E-state index in [0.717, 1.165) is 5.57 Å². The van der Waals surface area contributed by atoms with Gasteiger partial charge in [-0.3, -0.25) is 4.79 Å². The van der Waals surface area contributed by atoms with Crippen LogP contribution in [0.4, 0.5) is 0 Å². The average Bonchev–Trinajstić information content (AvgIpc) is 2.27. The minimum atomic E-state index is -0.815. The topological polar surface area (TPSA) is 37.3 Å². The molecule has 2 heteroatoms. The van der Waals surface area contributed by atoms with Gasteiger partial charge in [0.05, 0.1) is 5.41 Å². The Morgan fingerprint density at radius 3 is 2.12 bits per heavy atom. The smallest absolute Gasteiger partial charge is 0.314 e. The number of aliphatic carboxylic acids is 1. The molecule has 0 aromatic heterocycles. The summed E-state index contributed by atoms with van der Waals surface area (Å²) in [6.45, 7) is 11.6. The molecule has 1 N–H and O–H groups in total. The highest BCUT2D eigenvalue weighted by Crippen LogP contribution is 2.35. The molecule has 0 fully saturated rings. The van der Waals surface area contributed by atoms with Crippen molar-refractivity contribution in [2.75, 3.05) is 0 Å². The van der Waals surface area contributed by atoms with Crippen molar-refractivity contribution < 1.29 is 9.90 Å². The molecule has 0 radical (unpaired) electrons. The Kier molecular flexibility index (Phi) is 5.79. The fourth-order valence-electron chi connectivity index (χ4n) is 1.63. The lowest BCUT2D eigenvalue weighted by Crippen LogP contribution is -2.30. The van der Waals surface area contributed by atoms with Crippen molar-refractivity contribution in [3.63, 3.8) is 0 Å². The van der Waals surface area contributed by atoms with Crippen LogP contribution < -0.4 is 0 Å². The number of rotatable bonds is 6. The van der Waals surface area contributed by atoms with Gasteiger partial charge in [0.2, 0.25) is 0 Å². The van der Waals surface area contributed by atoms with Crippen LogP contribution in [0.15, 0.2) is 36.0 Å². The van der Waals surface area contributed by atoms with E-state index in [1.807, 2.05) is 45.9 Å². The van der Waals surface area contributed by atoms with E-state index in [4.69, 9.17) is 0 Å². The molecule has 0 atom stereocenters. The third kappa shape index (κ3) is 3.09. The minimum absolute atomic E-state index is 0.566. The summed E-state index contributed by atoms with van der Waals surface area (Å²) >= 11 is 0. The molecule has 0 aromatic rings. The van der Waals surface area contributed by atoms with Crippen LogP contribution in [-0.2, 0) is 4.79 Å². The van der Waals surface area contributed by atoms with E-state index in [1.54, 1.807) is 0 Å². The molecular weight excluding hydrogens is 200 g/mol. The quantitative estimate of drug-likeness (QED) is 0.691. The van der Waals surface area contributed by atoms with Crippen molar-refractivity contribution >= 4 is 5.97 Å². The van der Waals surface area contributed by atoms with Crippen molar-refractivity contribution in [1.29, 1.82) is 0 Å². The minimum Gasteiger partial charge on any atom is -0.481 e. The van der Waals surface area contributed by atoms with Gasteiger partial charge in [0.25, 0.3) is 0 Å². The van der Waals surface area contributed by atoms with Gasteiger partial charge in [0, 0.05) is 0 Å². The summed E-state index contributed by atoms with van der Waals surface area (Å²) in [6, 6.07) is 0. The third-order valence-corrected chi connectivity index (χ3v) is 3.23. The SMILES string of the molecule is C=C(/C=C\C(C)=C/C)C(CC)(CC)C(=O)O. The first-order valence-corrected chi connectivity index (χ1v) is 5.68. The molecule has 0 aromatic carbocycles. The van der Waals surface area contributed by atoms with Gasteiger partial charge in [0.1, 0.15) is 0 Å². The van der Waals surface area contributed by atoms with Crippen molar-refractivity contribution in [3.8, 4) is 0 Å². The molecule has 0 rings (SSSR count). The molecular formula is C14H22O2. The first-order chi connectivity index (χ1) is 7.44. The maximum absolute atomic E-state index is 11.3. The summed E-state index contributed by atoms with van der Waals surface area (Å²) < 4.78 is 0. The van der Waals surface area contributed by atoms with Crippen LogP contribution in [0.5, 0.6) is 0 Å². The maximum atomic E-state index is 11.3. The van der Waals surface area contributed by atoms with Gasteiger partial charge >= 0.3 is 5.97 Å². The second kappa shape index (κ2) is 6.31. The Bertz CT molecular complexity index is 318. The van der Waals surface area contributed by atoms with Crippen molar-refractivity contribution in [1.82, 2.24) is 0 Å². The van der Waals surface area contributed by atoms with Gasteiger partial charge in [-0.15, -0.1) is 0 Å². The molecule has 0 aliphatic heterocycles. The van der Waals surface area contributed by atoms with Gasteiger partial charge in [-0.1, -0.05) is 44.2 Å². The average molecular weight is 222 g/mol. The van der Waals surface area contributed by atoms with Gasteiger partial charge in [-0.25, -0.2) is 0 Å². The van der Waals surface area contributed by atoms with Gasteiger partial charge in [-0.2, -0.15) is 0 Å². The molecule has 0 aliphatic rings. The lowest BCUT2D eigenvalue weighted by Gasteiger charge is -2.27. The summed E-state index contributed by atoms with van der Waals surface area (Å²) in [5.74, 6) is -0.787. The van der Waals surface area contributed by atoms with E-state index >= 15 is 0 Å². The van der Waals surface area contributed by atoms with E-state index in [-0.39, 0.29) is 0 Å². The van der Waals surface area contributed by atoms with Crippen molar-refractivity contribution in [2.24, 2.45) is 5.41 Å². The van der Waals surface area contributed by atoms with Crippen LogP contribution >= 0.6 is 0 Å². The third-order valence-electron chi connectivity index (χ3n) is 3.23. The van der Waals surface area contributed by atoms with Crippen LogP contribution in [0, 0.1) is 5.41 Å². The molecule has 0 amide bonds. The molecule has 2 nitrogen and oxygen atoms in total. The van der Waals surface area contributed by atoms with Crippen LogP contribution in [0.3, 0.4) is 0 Å². The molecule has 0 saturated heterocycles. The zero-order valence-electron chi connectivity index (χ0n) is 10.7. The second-order valence-electron chi connectivity index (χ2n) is 3.99. The maximum Gasteiger partial charge on any atom is 0.314 e. The molecule has 0 bridgehead atoms. The Labute approximate surface area is 98.4 Å². The Morgan fingerprint density at radius 1 is 1.31 bits per heavy atom. The monoisotopic (exact) mass is 222 g/mol. The molecule has 90 valence electrons. The van der Waals surface area contributed by atoms with E-state index in [9.17, 15) is 9.90 Å². The summed E-state index contributed by atoms with van der Waals surface area (Å²) in [7, 11) is 0. The number of carboxylic acid groups (broad SMARTS) is 1. The standard InChI is InChI=1S/C14H22O2/c1-6-11(4)9-10-12(5)14(7-2,8-3)13(15)16/h6,9-10H,5,7-8H2,1-4H3,(H,15,16)/b10-9-,11-6-. The van der Waals surface area contributed by atoms with Crippen molar-refractivity contribution in [2.45, 2.75) is 40.5 Å². The van der Waals surface area contributed by atoms with E-state index in [1.165, 1.54) is 0 Å². The largest absolute Gasteiger partial charge is 0.481 e. The van der Waals surface area contributed by atoms with Gasteiger partial charge < -0.3 is 5.11 Å². The number of hydrogen-bond donors (Lipinski definition) is 1. The lowest BCUT2D eigenvalue weighted by atomic mass is 9.76. The zero-order valence-corrected chi connectivity index (χ0v) is 10.7. The zero-order chi connectivity index (χ0) is 12.8. The first-order valence-electron chi connectivity index (χ1n) is 5.68. The molecule has 0 saturated carbocycles. The predicted octanol–water partition coefficient (Wildman–Crippen LogP) is 3.96. The van der Waals surface area contributed by atoms with Crippen LogP contribution in [-0.4, -0.2) is 11.1 Å². The predicted molar refractivity (Wildman–Crippen MR) is 68.4 cm³/mol. The fraction of sp³-hybridized carbons (Fsp3) is 0.500. The van der Waals surface area contributed by atoms with Gasteiger partial charge in [0.15, 0.2) is 0 Å². The van der Waals surface area contributed by atoms with E-state index in [2.05, 4.69) is 6.58 Å². The lowest BCUT2D eigenvalue weighted by molar-refractivity contribution is -0.146. The van der Waals surface area contributed by atoms with Crippen molar-refractivity contribution in [3.05, 3.63) is 36.0 Å². The van der Waals surface area contributed by atoms with E-state index < -0.39 is 11.4 Å². The number of carboxylic acids is 1. The normalized spacial score (nSPS) is 13.1. The highest BCUT2D eigenvalue weighted by Gasteiger charge is 2.36. The number of carbonyl (C=O) groups is 1. The summed E-state index contributed by atoms with van der Waals surface area (Å²) in [6.07, 6.45) is 6.83. The van der Waals surface area contributed by atoms with Crippen LogP contribution in [0.25, 0.3) is 0 Å². The Hall–Kier alpha value is -1.31. The second-order valence-corrected chi connectivity index (χ2v) is 3.99. The summed E-state index contributed by atoms with van der Waals surface area (Å²) in [5, 5.41) is 9.31. The van der Waals surface area contributed by atoms with Gasteiger partial charge in [-0.05, 0) is 32.3 Å². The summed E-state index contributed by atoms with van der Waals surface area (Å²) in [5.41, 5.74) is 0.962. The first kappa shape index (κ1) is 14.7. The number of hydrogen-bond acceptors (Lipinski definition) is 1. The number of allylic oxidation sites excluding steroid dienone is 4. The molecule has 0 spiro atoms. The van der Waals surface area contributed by atoms with Crippen LogP contribution in [0.2, 0.25) is 0 Å². The molecule has 0 heterocycles. The van der Waals surface area contributed by atoms with Crippen LogP contribution in [0.1, 0.15) is 40.5 Å². The fourth-order valence-corrected chi connectivity index (χ4v) is 1.63.